The van der Waals surface area contributed by atoms with Gasteiger partial charge in [0.05, 0.1) is 24.7 Å². The normalized spacial score (nSPS) is 12.3. The molecule has 4 heteroatoms. The zero-order chi connectivity index (χ0) is 14.0. The Morgan fingerprint density at radius 2 is 1.84 bits per heavy atom. The van der Waals surface area contributed by atoms with Crippen LogP contribution in [0.25, 0.3) is 0 Å². The van der Waals surface area contributed by atoms with Crippen molar-refractivity contribution in [3.05, 3.63) is 52.6 Å². The van der Waals surface area contributed by atoms with Crippen LogP contribution in [0.15, 0.2) is 24.5 Å². The second kappa shape index (κ2) is 5.36. The molecule has 19 heavy (non-hydrogen) atoms. The Hall–Kier alpha value is -1.94. The molecular weight excluding hydrogens is 240 g/mol. The number of hydrogen-bond acceptors (Lipinski definition) is 4. The highest BCUT2D eigenvalue weighted by molar-refractivity contribution is 5.47. The van der Waals surface area contributed by atoms with Crippen molar-refractivity contribution in [2.75, 3.05) is 7.11 Å². The fourth-order valence-corrected chi connectivity index (χ4v) is 2.00. The summed E-state index contributed by atoms with van der Waals surface area (Å²) < 4.78 is 5.42. The first-order chi connectivity index (χ1) is 9.04. The molecule has 4 nitrogen and oxygen atoms in total. The topological polar surface area (TPSA) is 55.2 Å². The van der Waals surface area contributed by atoms with Crippen LogP contribution in [-0.2, 0) is 0 Å². The second-order valence-electron chi connectivity index (χ2n) is 4.62. The Labute approximate surface area is 113 Å². The Morgan fingerprint density at radius 1 is 1.11 bits per heavy atom. The summed E-state index contributed by atoms with van der Waals surface area (Å²) in [5, 5.41) is 10.4. The van der Waals surface area contributed by atoms with Crippen molar-refractivity contribution in [3.8, 4) is 5.75 Å². The lowest BCUT2D eigenvalue weighted by atomic mass is 9.99. The number of aliphatic hydroxyl groups is 1. The summed E-state index contributed by atoms with van der Waals surface area (Å²) in [5.41, 5.74) is 4.21. The number of aliphatic hydroxyl groups excluding tert-OH is 1. The van der Waals surface area contributed by atoms with Crippen LogP contribution in [0.2, 0.25) is 0 Å². The quantitative estimate of drug-likeness (QED) is 0.919. The first kappa shape index (κ1) is 13.5. The lowest BCUT2D eigenvalue weighted by Crippen LogP contribution is -2.07. The number of methoxy groups -OCH3 is 1. The summed E-state index contributed by atoms with van der Waals surface area (Å²) in [5.74, 6) is 0.704. The number of rotatable bonds is 3. The molecule has 1 unspecified atom stereocenters. The van der Waals surface area contributed by atoms with E-state index in [2.05, 4.69) is 9.97 Å². The first-order valence-corrected chi connectivity index (χ1v) is 6.15. The van der Waals surface area contributed by atoms with Gasteiger partial charge in [0.15, 0.2) is 0 Å². The smallest absolute Gasteiger partial charge is 0.128 e. The average Bonchev–Trinajstić information content (AvgIpc) is 2.41. The summed E-state index contributed by atoms with van der Waals surface area (Å²) in [6, 6.07) is 3.84. The van der Waals surface area contributed by atoms with E-state index < -0.39 is 6.10 Å². The van der Waals surface area contributed by atoms with Crippen molar-refractivity contribution in [2.24, 2.45) is 0 Å². The van der Waals surface area contributed by atoms with Crippen LogP contribution in [-0.4, -0.2) is 22.2 Å². The summed E-state index contributed by atoms with van der Waals surface area (Å²) in [7, 11) is 1.61. The highest BCUT2D eigenvalue weighted by Crippen LogP contribution is 2.33. The van der Waals surface area contributed by atoms with Gasteiger partial charge in [-0.1, -0.05) is 12.1 Å². The van der Waals surface area contributed by atoms with E-state index in [1.54, 1.807) is 19.5 Å². The van der Waals surface area contributed by atoms with E-state index >= 15 is 0 Å². The fourth-order valence-electron chi connectivity index (χ4n) is 2.00. The lowest BCUT2D eigenvalue weighted by Gasteiger charge is -2.17. The largest absolute Gasteiger partial charge is 0.496 e. The minimum absolute atomic E-state index is 0.521. The number of aromatic nitrogens is 2. The van der Waals surface area contributed by atoms with Crippen LogP contribution in [0.4, 0.5) is 0 Å². The van der Waals surface area contributed by atoms with Gasteiger partial charge in [-0.3, -0.25) is 9.97 Å². The predicted octanol–water partition coefficient (Wildman–Crippen LogP) is 2.49. The van der Waals surface area contributed by atoms with Crippen LogP contribution in [0, 0.1) is 20.8 Å². The molecule has 0 aliphatic heterocycles. The van der Waals surface area contributed by atoms with Gasteiger partial charge >= 0.3 is 0 Å². The third-order valence-corrected chi connectivity index (χ3v) is 3.29. The molecule has 0 fully saturated rings. The van der Waals surface area contributed by atoms with Crippen molar-refractivity contribution in [2.45, 2.75) is 26.9 Å². The van der Waals surface area contributed by atoms with Gasteiger partial charge < -0.3 is 9.84 Å². The molecule has 100 valence electrons. The SMILES string of the molecule is COc1c(C(O)c2cnc(C)cn2)ccc(C)c1C. The lowest BCUT2D eigenvalue weighted by molar-refractivity contribution is 0.209. The molecule has 1 aromatic carbocycles. The Bertz CT molecular complexity index is 579. The minimum atomic E-state index is -0.831. The van der Waals surface area contributed by atoms with Gasteiger partial charge in [-0.05, 0) is 31.9 Å². The van der Waals surface area contributed by atoms with Crippen LogP contribution in [0.5, 0.6) is 5.75 Å². The van der Waals surface area contributed by atoms with Gasteiger partial charge in [-0.15, -0.1) is 0 Å². The van der Waals surface area contributed by atoms with Crippen molar-refractivity contribution in [3.63, 3.8) is 0 Å². The molecule has 0 bridgehead atoms. The Balaban J connectivity index is 2.46. The molecule has 0 saturated carbocycles. The second-order valence-corrected chi connectivity index (χ2v) is 4.62. The Morgan fingerprint density at radius 3 is 2.42 bits per heavy atom. The average molecular weight is 258 g/mol. The van der Waals surface area contributed by atoms with Gasteiger partial charge in [0.2, 0.25) is 0 Å². The molecule has 0 aliphatic rings. The van der Waals surface area contributed by atoms with E-state index in [0.29, 0.717) is 17.0 Å². The zero-order valence-electron chi connectivity index (χ0n) is 11.6. The van der Waals surface area contributed by atoms with E-state index in [-0.39, 0.29) is 0 Å². The highest BCUT2D eigenvalue weighted by atomic mass is 16.5. The third-order valence-electron chi connectivity index (χ3n) is 3.29. The van der Waals surface area contributed by atoms with Gasteiger partial charge in [-0.2, -0.15) is 0 Å². The van der Waals surface area contributed by atoms with Crippen molar-refractivity contribution in [1.29, 1.82) is 0 Å². The summed E-state index contributed by atoms with van der Waals surface area (Å²) in [6.07, 6.45) is 2.41. The molecule has 0 spiro atoms. The minimum Gasteiger partial charge on any atom is -0.496 e. The van der Waals surface area contributed by atoms with E-state index in [1.165, 1.54) is 0 Å². The van der Waals surface area contributed by atoms with Crippen molar-refractivity contribution >= 4 is 0 Å². The molecule has 2 aromatic rings. The van der Waals surface area contributed by atoms with Crippen molar-refractivity contribution < 1.29 is 9.84 Å². The van der Waals surface area contributed by atoms with Gasteiger partial charge in [-0.25, -0.2) is 0 Å². The molecule has 0 amide bonds. The summed E-state index contributed by atoms with van der Waals surface area (Å²) in [4.78, 5) is 8.37. The molecule has 1 heterocycles. The zero-order valence-corrected chi connectivity index (χ0v) is 11.6. The molecule has 1 atom stereocenters. The summed E-state index contributed by atoms with van der Waals surface area (Å²) >= 11 is 0. The molecule has 1 aromatic heterocycles. The monoisotopic (exact) mass is 258 g/mol. The van der Waals surface area contributed by atoms with Crippen LogP contribution < -0.4 is 4.74 Å². The van der Waals surface area contributed by atoms with E-state index in [1.807, 2.05) is 32.9 Å². The maximum atomic E-state index is 10.4. The number of ether oxygens (including phenoxy) is 1. The molecule has 2 rings (SSSR count). The maximum absolute atomic E-state index is 10.4. The molecular formula is C15H18N2O2. The number of hydrogen-bond donors (Lipinski definition) is 1. The van der Waals surface area contributed by atoms with Crippen LogP contribution in [0.3, 0.4) is 0 Å². The van der Waals surface area contributed by atoms with Crippen LogP contribution >= 0.6 is 0 Å². The molecule has 0 radical (unpaired) electrons. The third kappa shape index (κ3) is 2.58. The predicted molar refractivity (Wildman–Crippen MR) is 73.3 cm³/mol. The maximum Gasteiger partial charge on any atom is 0.128 e. The number of aryl methyl sites for hydroxylation is 2. The number of nitrogens with zero attached hydrogens (tertiary/aromatic N) is 2. The standard InChI is InChI=1S/C15H18N2O2/c1-9-5-6-12(15(19-4)11(9)3)14(18)13-8-16-10(2)7-17-13/h5-8,14,18H,1-4H3. The van der Waals surface area contributed by atoms with E-state index in [9.17, 15) is 5.11 Å². The number of benzene rings is 1. The fraction of sp³-hybridized carbons (Fsp3) is 0.333. The van der Waals surface area contributed by atoms with Gasteiger partial charge in [0.25, 0.3) is 0 Å². The highest BCUT2D eigenvalue weighted by Gasteiger charge is 2.19. The van der Waals surface area contributed by atoms with E-state index in [4.69, 9.17) is 4.74 Å². The van der Waals surface area contributed by atoms with Crippen molar-refractivity contribution in [1.82, 2.24) is 9.97 Å². The van der Waals surface area contributed by atoms with Gasteiger partial charge in [0, 0.05) is 11.8 Å². The first-order valence-electron chi connectivity index (χ1n) is 6.15. The van der Waals surface area contributed by atoms with E-state index in [0.717, 1.165) is 16.8 Å². The molecule has 1 N–H and O–H groups in total. The van der Waals surface area contributed by atoms with Crippen LogP contribution in [0.1, 0.15) is 34.2 Å². The summed E-state index contributed by atoms with van der Waals surface area (Å²) in [6.45, 7) is 5.85. The molecule has 0 saturated heterocycles. The Kier molecular flexibility index (Phi) is 3.81. The van der Waals surface area contributed by atoms with Gasteiger partial charge in [0.1, 0.15) is 11.9 Å². The molecule has 0 aliphatic carbocycles.